The van der Waals surface area contributed by atoms with Crippen LogP contribution in [0.4, 0.5) is 0 Å². The fraction of sp³-hybridized carbons (Fsp3) is 0.455. The zero-order valence-electron chi connectivity index (χ0n) is 9.30. The van der Waals surface area contributed by atoms with E-state index in [0.29, 0.717) is 34.9 Å². The molecule has 0 aliphatic heterocycles. The van der Waals surface area contributed by atoms with Crippen LogP contribution in [-0.2, 0) is 6.54 Å². The van der Waals surface area contributed by atoms with Gasteiger partial charge in [-0.25, -0.2) is 0 Å². The Kier molecular flexibility index (Phi) is 7.16. The van der Waals surface area contributed by atoms with Gasteiger partial charge in [-0.05, 0) is 23.6 Å². The van der Waals surface area contributed by atoms with Crippen molar-refractivity contribution >= 4 is 35.6 Å². The highest BCUT2D eigenvalue weighted by Crippen LogP contribution is 2.34. The van der Waals surface area contributed by atoms with E-state index in [0.717, 1.165) is 5.56 Å². The number of hydrogen-bond acceptors (Lipinski definition) is 2. The fourth-order valence-corrected chi connectivity index (χ4v) is 1.76. The van der Waals surface area contributed by atoms with Crippen LogP contribution in [-0.4, -0.2) is 6.61 Å². The van der Waals surface area contributed by atoms with Crippen LogP contribution in [0, 0.1) is 5.92 Å². The number of benzene rings is 1. The van der Waals surface area contributed by atoms with E-state index in [1.807, 2.05) is 0 Å². The normalized spacial score (nSPS) is 10.1. The summed E-state index contributed by atoms with van der Waals surface area (Å²) in [6, 6.07) is 3.56. The molecule has 0 aliphatic carbocycles. The zero-order valence-corrected chi connectivity index (χ0v) is 11.6. The molecule has 0 bridgehead atoms. The lowest BCUT2D eigenvalue weighted by molar-refractivity contribution is 0.271. The summed E-state index contributed by atoms with van der Waals surface area (Å²) in [4.78, 5) is 0. The van der Waals surface area contributed by atoms with Gasteiger partial charge in [-0.1, -0.05) is 37.0 Å². The zero-order chi connectivity index (χ0) is 11.4. The van der Waals surface area contributed by atoms with Gasteiger partial charge in [-0.2, -0.15) is 0 Å². The van der Waals surface area contributed by atoms with Gasteiger partial charge in [0.15, 0.2) is 5.75 Å². The third-order valence-electron chi connectivity index (χ3n) is 1.85. The van der Waals surface area contributed by atoms with Gasteiger partial charge in [0, 0.05) is 6.54 Å². The van der Waals surface area contributed by atoms with Gasteiger partial charge in [-0.15, -0.1) is 12.4 Å². The van der Waals surface area contributed by atoms with Crippen LogP contribution in [0.2, 0.25) is 10.0 Å². The van der Waals surface area contributed by atoms with Gasteiger partial charge in [0.2, 0.25) is 0 Å². The number of hydrogen-bond donors (Lipinski definition) is 1. The lowest BCUT2D eigenvalue weighted by Gasteiger charge is -2.12. The maximum atomic E-state index is 6.03. The van der Waals surface area contributed by atoms with Crippen molar-refractivity contribution in [3.8, 4) is 5.75 Å². The van der Waals surface area contributed by atoms with Crippen LogP contribution in [0.25, 0.3) is 0 Å². The first-order chi connectivity index (χ1) is 7.04. The Balaban J connectivity index is 0.00000225. The predicted molar refractivity (Wildman–Crippen MR) is 71.9 cm³/mol. The van der Waals surface area contributed by atoms with E-state index in [4.69, 9.17) is 33.7 Å². The highest BCUT2D eigenvalue weighted by molar-refractivity contribution is 6.37. The van der Waals surface area contributed by atoms with E-state index < -0.39 is 0 Å². The second-order valence-electron chi connectivity index (χ2n) is 3.80. The van der Waals surface area contributed by atoms with Crippen molar-refractivity contribution in [3.63, 3.8) is 0 Å². The molecule has 16 heavy (non-hydrogen) atoms. The molecule has 0 aromatic heterocycles. The minimum absolute atomic E-state index is 0. The quantitative estimate of drug-likeness (QED) is 0.910. The Hall–Kier alpha value is -0.150. The minimum atomic E-state index is 0. The SMILES string of the molecule is CC(C)COc1c(Cl)cc(CN)cc1Cl.Cl. The fourth-order valence-electron chi connectivity index (χ4n) is 1.12. The molecule has 0 heterocycles. The van der Waals surface area contributed by atoms with Crippen molar-refractivity contribution in [1.29, 1.82) is 0 Å². The summed E-state index contributed by atoms with van der Waals surface area (Å²) in [5.41, 5.74) is 6.41. The molecule has 2 nitrogen and oxygen atoms in total. The van der Waals surface area contributed by atoms with Gasteiger partial charge in [0.1, 0.15) is 0 Å². The Morgan fingerprint density at radius 1 is 1.25 bits per heavy atom. The van der Waals surface area contributed by atoms with Crippen LogP contribution in [0.5, 0.6) is 5.75 Å². The van der Waals surface area contributed by atoms with Crippen molar-refractivity contribution in [2.75, 3.05) is 6.61 Å². The third-order valence-corrected chi connectivity index (χ3v) is 2.42. The highest BCUT2D eigenvalue weighted by atomic mass is 35.5. The predicted octanol–water partition coefficient (Wildman–Crippen LogP) is 3.91. The minimum Gasteiger partial charge on any atom is -0.490 e. The second kappa shape index (κ2) is 7.23. The molecular formula is C11H16Cl3NO. The molecular weight excluding hydrogens is 268 g/mol. The standard InChI is InChI=1S/C11H15Cl2NO.ClH/c1-7(2)6-15-11-9(12)3-8(5-14)4-10(11)13;/h3-4,7H,5-6,14H2,1-2H3;1H. The molecule has 0 unspecified atom stereocenters. The summed E-state index contributed by atoms with van der Waals surface area (Å²) in [6.45, 7) is 5.15. The van der Waals surface area contributed by atoms with Crippen LogP contribution in [0.1, 0.15) is 19.4 Å². The van der Waals surface area contributed by atoms with Crippen LogP contribution >= 0.6 is 35.6 Å². The summed E-state index contributed by atoms with van der Waals surface area (Å²) in [5.74, 6) is 0.982. The second-order valence-corrected chi connectivity index (χ2v) is 4.61. The maximum absolute atomic E-state index is 6.03. The van der Waals surface area contributed by atoms with Crippen molar-refractivity contribution in [1.82, 2.24) is 0 Å². The van der Waals surface area contributed by atoms with E-state index in [1.54, 1.807) is 12.1 Å². The maximum Gasteiger partial charge on any atom is 0.156 e. The van der Waals surface area contributed by atoms with Crippen molar-refractivity contribution in [2.24, 2.45) is 11.7 Å². The van der Waals surface area contributed by atoms with Gasteiger partial charge < -0.3 is 10.5 Å². The highest BCUT2D eigenvalue weighted by Gasteiger charge is 2.09. The van der Waals surface area contributed by atoms with Crippen LogP contribution < -0.4 is 10.5 Å². The number of halogens is 3. The molecule has 0 saturated carbocycles. The van der Waals surface area contributed by atoms with Crippen molar-refractivity contribution in [2.45, 2.75) is 20.4 Å². The average molecular weight is 285 g/mol. The summed E-state index contributed by atoms with van der Waals surface area (Å²) < 4.78 is 5.52. The molecule has 0 fully saturated rings. The Labute approximate surface area is 112 Å². The summed E-state index contributed by atoms with van der Waals surface area (Å²) >= 11 is 12.1. The summed E-state index contributed by atoms with van der Waals surface area (Å²) in [7, 11) is 0. The van der Waals surface area contributed by atoms with E-state index in [1.165, 1.54) is 0 Å². The molecule has 0 saturated heterocycles. The largest absolute Gasteiger partial charge is 0.490 e. The molecule has 92 valence electrons. The van der Waals surface area contributed by atoms with Crippen molar-refractivity contribution < 1.29 is 4.74 Å². The summed E-state index contributed by atoms with van der Waals surface area (Å²) in [6.07, 6.45) is 0. The first kappa shape index (κ1) is 15.9. The van der Waals surface area contributed by atoms with Gasteiger partial charge in [-0.3, -0.25) is 0 Å². The lowest BCUT2D eigenvalue weighted by Crippen LogP contribution is -2.06. The molecule has 2 N–H and O–H groups in total. The van der Waals surface area contributed by atoms with Gasteiger partial charge in [0.05, 0.1) is 16.7 Å². The molecule has 1 aromatic carbocycles. The van der Waals surface area contributed by atoms with E-state index in [9.17, 15) is 0 Å². The lowest BCUT2D eigenvalue weighted by atomic mass is 10.2. The van der Waals surface area contributed by atoms with Crippen molar-refractivity contribution in [3.05, 3.63) is 27.7 Å². The smallest absolute Gasteiger partial charge is 0.156 e. The molecule has 0 radical (unpaired) electrons. The summed E-state index contributed by atoms with van der Waals surface area (Å²) in [5, 5.41) is 1.03. The van der Waals surface area contributed by atoms with E-state index in [-0.39, 0.29) is 12.4 Å². The first-order valence-electron chi connectivity index (χ1n) is 4.85. The number of ether oxygens (including phenoxy) is 1. The van der Waals surface area contributed by atoms with E-state index >= 15 is 0 Å². The molecule has 0 aliphatic rings. The number of nitrogens with two attached hydrogens (primary N) is 1. The third kappa shape index (κ3) is 4.38. The van der Waals surface area contributed by atoms with Crippen LogP contribution in [0.15, 0.2) is 12.1 Å². The Bertz CT molecular complexity index is 319. The van der Waals surface area contributed by atoms with E-state index in [2.05, 4.69) is 13.8 Å². The Morgan fingerprint density at radius 2 is 1.75 bits per heavy atom. The molecule has 1 aromatic rings. The average Bonchev–Trinajstić information content (AvgIpc) is 2.15. The molecule has 5 heteroatoms. The molecule has 0 spiro atoms. The number of rotatable bonds is 4. The molecule has 0 atom stereocenters. The first-order valence-corrected chi connectivity index (χ1v) is 5.61. The van der Waals surface area contributed by atoms with Gasteiger partial charge >= 0.3 is 0 Å². The molecule has 1 rings (SSSR count). The molecule has 0 amide bonds. The van der Waals surface area contributed by atoms with Crippen LogP contribution in [0.3, 0.4) is 0 Å². The Morgan fingerprint density at radius 3 is 2.12 bits per heavy atom. The monoisotopic (exact) mass is 283 g/mol. The topological polar surface area (TPSA) is 35.2 Å². The van der Waals surface area contributed by atoms with Gasteiger partial charge in [0.25, 0.3) is 0 Å².